The van der Waals surface area contributed by atoms with E-state index >= 15 is 0 Å². The van der Waals surface area contributed by atoms with Crippen LogP contribution in [0, 0.1) is 6.92 Å². The first kappa shape index (κ1) is 22.6. The van der Waals surface area contributed by atoms with E-state index in [2.05, 4.69) is 163 Å². The molecule has 0 bridgehead atoms. The number of hydrogen-bond acceptors (Lipinski definition) is 2. The Morgan fingerprint density at radius 2 is 1.00 bits per heavy atom. The smallest absolute Gasteiger partial charge is 0.136 e. The van der Waals surface area contributed by atoms with E-state index < -0.39 is 5.41 Å². The van der Waals surface area contributed by atoms with Crippen LogP contribution in [0.15, 0.2) is 151 Å². The molecule has 0 fully saturated rings. The van der Waals surface area contributed by atoms with Crippen molar-refractivity contribution < 1.29 is 0 Å². The summed E-state index contributed by atoms with van der Waals surface area (Å²) >= 11 is 0. The highest BCUT2D eigenvalue weighted by atomic mass is 15.4. The zero-order valence-electron chi connectivity index (χ0n) is 21.8. The van der Waals surface area contributed by atoms with Crippen molar-refractivity contribution in [1.82, 2.24) is 0 Å². The number of hydrogen-bond donors (Lipinski definition) is 0. The number of aryl methyl sites for hydroxylation is 1. The van der Waals surface area contributed by atoms with Gasteiger partial charge in [0.25, 0.3) is 0 Å². The lowest BCUT2D eigenvalue weighted by molar-refractivity contribution is 0.692. The van der Waals surface area contributed by atoms with Gasteiger partial charge in [-0.1, -0.05) is 127 Å². The lowest BCUT2D eigenvalue weighted by atomic mass is 9.68. The van der Waals surface area contributed by atoms with Crippen LogP contribution in [-0.4, -0.2) is 0 Å². The molecule has 0 saturated heterocycles. The average molecular weight is 491 g/mol. The Kier molecular flexibility index (Phi) is 5.23. The van der Waals surface area contributed by atoms with Gasteiger partial charge in [-0.3, -0.25) is 0 Å². The monoisotopic (exact) mass is 490 g/mol. The Labute approximate surface area is 225 Å². The third-order valence-electron chi connectivity index (χ3n) is 8.24. The molecule has 0 aromatic heterocycles. The second-order valence-electron chi connectivity index (χ2n) is 10.2. The molecule has 2 aliphatic heterocycles. The molecule has 2 heteroatoms. The first-order valence-electron chi connectivity index (χ1n) is 13.3. The average Bonchev–Trinajstić information content (AvgIpc) is 3.45. The second kappa shape index (κ2) is 8.78. The molecule has 0 amide bonds. The maximum atomic E-state index is 2.60. The van der Waals surface area contributed by atoms with Gasteiger partial charge in [0.1, 0.15) is 6.17 Å². The largest absolute Gasteiger partial charge is 0.318 e. The number of nitrogens with zero attached hydrogens (tertiary/aromatic N) is 2. The Bertz CT molecular complexity index is 1600. The highest BCUT2D eigenvalue weighted by Crippen LogP contribution is 2.62. The van der Waals surface area contributed by atoms with E-state index in [0.29, 0.717) is 0 Å². The minimum atomic E-state index is -0.437. The van der Waals surface area contributed by atoms with Crippen LogP contribution in [0.1, 0.15) is 40.9 Å². The van der Waals surface area contributed by atoms with E-state index in [1.165, 1.54) is 50.6 Å². The summed E-state index contributed by atoms with van der Waals surface area (Å²) in [4.78, 5) is 5.16. The van der Waals surface area contributed by atoms with Gasteiger partial charge in [-0.25, -0.2) is 0 Å². The first-order chi connectivity index (χ1) is 18.7. The first-order valence-corrected chi connectivity index (χ1v) is 13.3. The molecule has 0 radical (unpaired) electrons. The summed E-state index contributed by atoms with van der Waals surface area (Å²) in [6.45, 7) is 4.53. The van der Waals surface area contributed by atoms with E-state index in [-0.39, 0.29) is 6.17 Å². The van der Waals surface area contributed by atoms with Gasteiger partial charge in [-0.05, 0) is 53.8 Å². The van der Waals surface area contributed by atoms with Gasteiger partial charge in [0, 0.05) is 17.1 Å². The van der Waals surface area contributed by atoms with E-state index in [0.717, 1.165) is 0 Å². The van der Waals surface area contributed by atoms with Crippen LogP contribution in [0.2, 0.25) is 0 Å². The molecule has 0 aliphatic carbocycles. The van der Waals surface area contributed by atoms with Gasteiger partial charge in [-0.2, -0.15) is 0 Å². The van der Waals surface area contributed by atoms with Crippen molar-refractivity contribution in [2.45, 2.75) is 25.4 Å². The van der Waals surface area contributed by atoms with E-state index in [1.54, 1.807) is 0 Å². The van der Waals surface area contributed by atoms with Crippen molar-refractivity contribution in [3.05, 3.63) is 179 Å². The van der Waals surface area contributed by atoms with Crippen LogP contribution in [0.25, 0.3) is 0 Å². The van der Waals surface area contributed by atoms with Crippen molar-refractivity contribution in [3.63, 3.8) is 0 Å². The summed E-state index contributed by atoms with van der Waals surface area (Å²) in [6, 6.07) is 50.8. The molecule has 2 heterocycles. The van der Waals surface area contributed by atoms with Crippen molar-refractivity contribution >= 4 is 11.4 Å². The SMILES string of the molecule is CC1=C2N(c3ccccc3C2(c2ccccc2)c2ccccc2)C(c2ccccc2)N1c1ccccc1C. The number of rotatable bonds is 4. The van der Waals surface area contributed by atoms with Crippen LogP contribution in [0.3, 0.4) is 0 Å². The number of fused-ring (bicyclic) bond motifs is 3. The Hall–Kier alpha value is -4.56. The van der Waals surface area contributed by atoms with Crippen molar-refractivity contribution in [2.24, 2.45) is 0 Å². The molecule has 0 spiro atoms. The molecule has 5 aromatic rings. The molecule has 0 N–H and O–H groups in total. The maximum Gasteiger partial charge on any atom is 0.136 e. The predicted octanol–water partition coefficient (Wildman–Crippen LogP) is 8.60. The highest BCUT2D eigenvalue weighted by molar-refractivity contribution is 5.84. The second-order valence-corrected chi connectivity index (χ2v) is 10.2. The summed E-state index contributed by atoms with van der Waals surface area (Å²) in [7, 11) is 0. The number of anilines is 2. The summed E-state index contributed by atoms with van der Waals surface area (Å²) in [5.41, 5.74) is 11.1. The standard InChI is InChI=1S/C36H30N2/c1-26-16-12-14-24-32(26)37-27(2)34-36(29-19-8-4-9-20-29,30-21-10-5-11-22-30)31-23-13-15-25-33(31)38(34)35(37)28-17-6-3-7-18-28/h3-25,35H,1-2H3. The third-order valence-corrected chi connectivity index (χ3v) is 8.24. The number of allylic oxidation sites excluding steroid dienone is 2. The number of para-hydroxylation sites is 2. The van der Waals surface area contributed by atoms with Gasteiger partial charge in [0.15, 0.2) is 0 Å². The number of benzene rings is 5. The van der Waals surface area contributed by atoms with Crippen LogP contribution >= 0.6 is 0 Å². The van der Waals surface area contributed by atoms with Crippen molar-refractivity contribution in [2.75, 3.05) is 9.80 Å². The molecule has 7 rings (SSSR count). The lowest BCUT2D eigenvalue weighted by Gasteiger charge is -2.35. The van der Waals surface area contributed by atoms with Gasteiger partial charge in [0.05, 0.1) is 11.1 Å². The van der Waals surface area contributed by atoms with Crippen molar-refractivity contribution in [1.29, 1.82) is 0 Å². The van der Waals surface area contributed by atoms with Crippen LogP contribution in [0.5, 0.6) is 0 Å². The van der Waals surface area contributed by atoms with Crippen molar-refractivity contribution in [3.8, 4) is 0 Å². The van der Waals surface area contributed by atoms with Gasteiger partial charge in [0.2, 0.25) is 0 Å². The zero-order valence-corrected chi connectivity index (χ0v) is 21.8. The molecule has 0 saturated carbocycles. The van der Waals surface area contributed by atoms with Crippen LogP contribution < -0.4 is 9.80 Å². The third kappa shape index (κ3) is 3.07. The van der Waals surface area contributed by atoms with Crippen LogP contribution in [0.4, 0.5) is 11.4 Å². The zero-order chi connectivity index (χ0) is 25.7. The molecule has 38 heavy (non-hydrogen) atoms. The summed E-state index contributed by atoms with van der Waals surface area (Å²) in [5.74, 6) is 0. The topological polar surface area (TPSA) is 6.48 Å². The molecule has 1 atom stereocenters. The Morgan fingerprint density at radius 1 is 0.500 bits per heavy atom. The molecule has 2 aliphatic rings. The summed E-state index contributed by atoms with van der Waals surface area (Å²) in [6.07, 6.45) is 0.00255. The minimum Gasteiger partial charge on any atom is -0.318 e. The molecule has 2 nitrogen and oxygen atoms in total. The Balaban J connectivity index is 1.62. The predicted molar refractivity (Wildman–Crippen MR) is 157 cm³/mol. The summed E-state index contributed by atoms with van der Waals surface area (Å²) < 4.78 is 0. The summed E-state index contributed by atoms with van der Waals surface area (Å²) in [5, 5.41) is 0. The minimum absolute atomic E-state index is 0.00255. The molecule has 1 unspecified atom stereocenters. The van der Waals surface area contributed by atoms with E-state index in [4.69, 9.17) is 0 Å². The van der Waals surface area contributed by atoms with E-state index in [1.807, 2.05) is 0 Å². The van der Waals surface area contributed by atoms with Gasteiger partial charge >= 0.3 is 0 Å². The van der Waals surface area contributed by atoms with Gasteiger partial charge in [-0.15, -0.1) is 0 Å². The molecule has 5 aromatic carbocycles. The quantitative estimate of drug-likeness (QED) is 0.249. The lowest BCUT2D eigenvalue weighted by Crippen LogP contribution is -2.34. The maximum absolute atomic E-state index is 2.60. The normalized spacial score (nSPS) is 17.5. The molecule has 184 valence electrons. The fourth-order valence-corrected chi connectivity index (χ4v) is 6.74. The van der Waals surface area contributed by atoms with Crippen LogP contribution in [-0.2, 0) is 5.41 Å². The van der Waals surface area contributed by atoms with E-state index in [9.17, 15) is 0 Å². The fraction of sp³-hybridized carbons (Fsp3) is 0.111. The fourth-order valence-electron chi connectivity index (χ4n) is 6.74. The molecular weight excluding hydrogens is 460 g/mol. The highest BCUT2D eigenvalue weighted by Gasteiger charge is 2.57. The Morgan fingerprint density at radius 3 is 1.61 bits per heavy atom. The molecular formula is C36H30N2. The van der Waals surface area contributed by atoms with Gasteiger partial charge < -0.3 is 9.80 Å².